The van der Waals surface area contributed by atoms with Crippen LogP contribution >= 0.6 is 0 Å². The minimum atomic E-state index is 0.417. The van der Waals surface area contributed by atoms with Crippen LogP contribution in [0.3, 0.4) is 0 Å². The molecule has 0 radical (unpaired) electrons. The van der Waals surface area contributed by atoms with E-state index in [1.54, 1.807) is 0 Å². The molecule has 2 rings (SSSR count). The summed E-state index contributed by atoms with van der Waals surface area (Å²) in [6, 6.07) is 5.26. The van der Waals surface area contributed by atoms with Gasteiger partial charge in [-0.2, -0.15) is 0 Å². The fraction of sp³-hybridized carbons (Fsp3) is 0.667. The molecule has 0 spiro atoms. The quantitative estimate of drug-likeness (QED) is 0.859. The van der Waals surface area contributed by atoms with Crippen molar-refractivity contribution < 1.29 is 0 Å². The van der Waals surface area contributed by atoms with Crippen molar-refractivity contribution in [3.63, 3.8) is 0 Å². The van der Waals surface area contributed by atoms with Crippen molar-refractivity contribution >= 4 is 0 Å². The summed E-state index contributed by atoms with van der Waals surface area (Å²) in [4.78, 5) is 4.08. The van der Waals surface area contributed by atoms with Gasteiger partial charge in [0.25, 0.3) is 0 Å². The highest BCUT2D eigenvalue weighted by molar-refractivity contribution is 5.14. The number of hydrogen-bond donors (Lipinski definition) is 1. The van der Waals surface area contributed by atoms with Gasteiger partial charge in [-0.15, -0.1) is 0 Å². The number of rotatable bonds is 3. The molecular weight excluding hydrogens is 208 g/mol. The summed E-state index contributed by atoms with van der Waals surface area (Å²) in [7, 11) is 0. The Bertz CT molecular complexity index is 345. The third kappa shape index (κ3) is 3.06. The van der Waals surface area contributed by atoms with Crippen LogP contribution in [0.2, 0.25) is 0 Å². The molecule has 0 aromatic carbocycles. The maximum absolute atomic E-state index is 4.08. The molecule has 0 saturated heterocycles. The Balaban J connectivity index is 2.00. The molecule has 0 amide bonds. The molecule has 2 unspecified atom stereocenters. The lowest BCUT2D eigenvalue weighted by atomic mass is 9.73. The van der Waals surface area contributed by atoms with E-state index in [1.165, 1.54) is 31.2 Å². The van der Waals surface area contributed by atoms with E-state index in [2.05, 4.69) is 43.2 Å². The van der Waals surface area contributed by atoms with E-state index in [-0.39, 0.29) is 0 Å². The molecule has 2 nitrogen and oxygen atoms in total. The van der Waals surface area contributed by atoms with Gasteiger partial charge in [0.1, 0.15) is 0 Å². The second kappa shape index (κ2) is 5.18. The summed E-state index contributed by atoms with van der Waals surface area (Å²) in [6.45, 7) is 7.03. The van der Waals surface area contributed by atoms with Crippen molar-refractivity contribution in [2.75, 3.05) is 0 Å². The maximum Gasteiger partial charge on any atom is 0.0295 e. The van der Waals surface area contributed by atoms with E-state index >= 15 is 0 Å². The lowest BCUT2D eigenvalue weighted by Gasteiger charge is -2.40. The van der Waals surface area contributed by atoms with E-state index in [0.717, 1.165) is 0 Å². The van der Waals surface area contributed by atoms with Crippen LogP contribution in [0, 0.1) is 5.41 Å². The van der Waals surface area contributed by atoms with Crippen LogP contribution in [-0.4, -0.2) is 11.0 Å². The van der Waals surface area contributed by atoms with Crippen LogP contribution < -0.4 is 5.32 Å². The van der Waals surface area contributed by atoms with Gasteiger partial charge in [0, 0.05) is 24.5 Å². The topological polar surface area (TPSA) is 24.9 Å². The van der Waals surface area contributed by atoms with Crippen molar-refractivity contribution in [3.05, 3.63) is 30.1 Å². The lowest BCUT2D eigenvalue weighted by molar-refractivity contribution is 0.157. The SMILES string of the molecule is CC(NC1CCCCC1(C)C)c1ccncc1. The normalized spacial score (nSPS) is 25.5. The van der Waals surface area contributed by atoms with Crippen molar-refractivity contribution in [1.29, 1.82) is 0 Å². The second-order valence-electron chi connectivity index (χ2n) is 5.96. The van der Waals surface area contributed by atoms with Gasteiger partial charge in [-0.25, -0.2) is 0 Å². The van der Waals surface area contributed by atoms with Crippen LogP contribution in [0.15, 0.2) is 24.5 Å². The van der Waals surface area contributed by atoms with E-state index < -0.39 is 0 Å². The van der Waals surface area contributed by atoms with Gasteiger partial charge in [-0.1, -0.05) is 26.7 Å². The van der Waals surface area contributed by atoms with Crippen LogP contribution in [0.5, 0.6) is 0 Å². The smallest absolute Gasteiger partial charge is 0.0295 e. The first kappa shape index (κ1) is 12.6. The van der Waals surface area contributed by atoms with Gasteiger partial charge in [0.05, 0.1) is 0 Å². The minimum Gasteiger partial charge on any atom is -0.307 e. The Morgan fingerprint density at radius 1 is 1.29 bits per heavy atom. The largest absolute Gasteiger partial charge is 0.307 e. The number of pyridine rings is 1. The predicted molar refractivity (Wildman–Crippen MR) is 71.8 cm³/mol. The average Bonchev–Trinajstić information content (AvgIpc) is 2.33. The first-order chi connectivity index (χ1) is 8.09. The van der Waals surface area contributed by atoms with Crippen molar-refractivity contribution in [3.8, 4) is 0 Å². The van der Waals surface area contributed by atoms with Crippen LogP contribution in [0.4, 0.5) is 0 Å². The molecule has 1 aliphatic rings. The summed E-state index contributed by atoms with van der Waals surface area (Å²) >= 11 is 0. The molecule has 2 atom stereocenters. The molecule has 1 N–H and O–H groups in total. The number of hydrogen-bond acceptors (Lipinski definition) is 2. The van der Waals surface area contributed by atoms with E-state index in [9.17, 15) is 0 Å². The standard InChI is InChI=1S/C15H24N2/c1-12(13-7-10-16-11-8-13)17-14-6-4-5-9-15(14,2)3/h7-8,10-12,14,17H,4-6,9H2,1-3H3. The zero-order valence-electron chi connectivity index (χ0n) is 11.2. The van der Waals surface area contributed by atoms with Crippen LogP contribution in [0.25, 0.3) is 0 Å². The molecule has 94 valence electrons. The monoisotopic (exact) mass is 232 g/mol. The molecule has 0 aliphatic heterocycles. The van der Waals surface area contributed by atoms with Crippen molar-refractivity contribution in [2.24, 2.45) is 5.41 Å². The Morgan fingerprint density at radius 2 is 2.00 bits per heavy atom. The van der Waals surface area contributed by atoms with Gasteiger partial charge < -0.3 is 5.32 Å². The highest BCUT2D eigenvalue weighted by Gasteiger charge is 2.32. The summed E-state index contributed by atoms with van der Waals surface area (Å²) in [6.07, 6.45) is 9.15. The minimum absolute atomic E-state index is 0.417. The Hall–Kier alpha value is -0.890. The third-order valence-electron chi connectivity index (χ3n) is 4.16. The van der Waals surface area contributed by atoms with E-state index in [4.69, 9.17) is 0 Å². The third-order valence-corrected chi connectivity index (χ3v) is 4.16. The Kier molecular flexibility index (Phi) is 3.82. The zero-order chi connectivity index (χ0) is 12.3. The molecular formula is C15H24N2. The van der Waals surface area contributed by atoms with Gasteiger partial charge in [0.2, 0.25) is 0 Å². The fourth-order valence-electron chi connectivity index (χ4n) is 2.85. The summed E-state index contributed by atoms with van der Waals surface area (Å²) < 4.78 is 0. The molecule has 1 saturated carbocycles. The summed E-state index contributed by atoms with van der Waals surface area (Å²) in [5.41, 5.74) is 1.76. The van der Waals surface area contributed by atoms with Crippen molar-refractivity contribution in [1.82, 2.24) is 10.3 Å². The van der Waals surface area contributed by atoms with Gasteiger partial charge in [0.15, 0.2) is 0 Å². The highest BCUT2D eigenvalue weighted by Crippen LogP contribution is 2.36. The van der Waals surface area contributed by atoms with E-state index in [1.807, 2.05) is 12.4 Å². The Labute approximate surface area is 105 Å². The molecule has 17 heavy (non-hydrogen) atoms. The fourth-order valence-corrected chi connectivity index (χ4v) is 2.85. The highest BCUT2D eigenvalue weighted by atomic mass is 15.0. The molecule has 2 heteroatoms. The number of aromatic nitrogens is 1. The van der Waals surface area contributed by atoms with Gasteiger partial charge in [-0.05, 0) is 42.9 Å². The van der Waals surface area contributed by atoms with Gasteiger partial charge in [-0.3, -0.25) is 4.98 Å². The summed E-state index contributed by atoms with van der Waals surface area (Å²) in [5.74, 6) is 0. The molecule has 0 bridgehead atoms. The Morgan fingerprint density at radius 3 is 2.65 bits per heavy atom. The van der Waals surface area contributed by atoms with Crippen LogP contribution in [0.1, 0.15) is 58.1 Å². The van der Waals surface area contributed by atoms with Crippen molar-refractivity contribution in [2.45, 2.75) is 58.5 Å². The molecule has 1 aromatic rings. The second-order valence-corrected chi connectivity index (χ2v) is 5.96. The lowest BCUT2D eigenvalue weighted by Crippen LogP contribution is -2.45. The molecule has 1 fully saturated rings. The van der Waals surface area contributed by atoms with E-state index in [0.29, 0.717) is 17.5 Å². The number of nitrogens with one attached hydrogen (secondary N) is 1. The first-order valence-electron chi connectivity index (χ1n) is 6.75. The average molecular weight is 232 g/mol. The van der Waals surface area contributed by atoms with Crippen LogP contribution in [-0.2, 0) is 0 Å². The molecule has 1 aliphatic carbocycles. The first-order valence-corrected chi connectivity index (χ1v) is 6.75. The maximum atomic E-state index is 4.08. The zero-order valence-corrected chi connectivity index (χ0v) is 11.2. The predicted octanol–water partition coefficient (Wildman–Crippen LogP) is 3.70. The summed E-state index contributed by atoms with van der Waals surface area (Å²) in [5, 5.41) is 3.80. The molecule has 1 heterocycles. The molecule has 1 aromatic heterocycles. The van der Waals surface area contributed by atoms with Gasteiger partial charge >= 0.3 is 0 Å². The number of nitrogens with zero attached hydrogens (tertiary/aromatic N) is 1.